The highest BCUT2D eigenvalue weighted by atomic mass is 16.6. The van der Waals surface area contributed by atoms with Crippen molar-refractivity contribution in [3.63, 3.8) is 0 Å². The molecule has 0 N–H and O–H groups in total. The quantitative estimate of drug-likeness (QED) is 0.243. The highest BCUT2D eigenvalue weighted by Crippen LogP contribution is 2.27. The second-order valence-electron chi connectivity index (χ2n) is 6.13. The first-order valence-corrected chi connectivity index (χ1v) is 8.79. The monoisotopic (exact) mass is 394 g/mol. The van der Waals surface area contributed by atoms with Crippen LogP contribution in [0.3, 0.4) is 0 Å². The third-order valence-corrected chi connectivity index (χ3v) is 4.25. The van der Waals surface area contributed by atoms with Gasteiger partial charge in [-0.05, 0) is 23.8 Å². The normalized spacial score (nSPS) is 12.8. The van der Waals surface area contributed by atoms with Gasteiger partial charge in [-0.1, -0.05) is 48.5 Å². The van der Waals surface area contributed by atoms with E-state index in [2.05, 4.69) is 0 Å². The van der Waals surface area contributed by atoms with E-state index in [9.17, 15) is 25.4 Å². The number of carbonyl (C=O) groups is 1. The van der Waals surface area contributed by atoms with Gasteiger partial charge in [-0.15, -0.1) is 0 Å². The van der Waals surface area contributed by atoms with Gasteiger partial charge in [-0.25, -0.2) is 0 Å². The SMILES string of the molecule is N#CC(C#N)=C1C=CC=CN1/C(=C\c1cccc([N+](=O)[O-])c1)C(=O)c1ccccc1. The van der Waals surface area contributed by atoms with Crippen molar-refractivity contribution in [3.8, 4) is 12.1 Å². The van der Waals surface area contributed by atoms with E-state index < -0.39 is 4.92 Å². The van der Waals surface area contributed by atoms with Gasteiger partial charge in [0.2, 0.25) is 5.78 Å². The molecular weight excluding hydrogens is 380 g/mol. The molecule has 2 aromatic rings. The maximum atomic E-state index is 13.3. The van der Waals surface area contributed by atoms with E-state index in [0.717, 1.165) is 0 Å². The number of rotatable bonds is 5. The number of nitro groups is 1. The minimum absolute atomic E-state index is 0.116. The van der Waals surface area contributed by atoms with Crippen molar-refractivity contribution in [1.82, 2.24) is 4.90 Å². The number of carbonyl (C=O) groups excluding carboxylic acids is 1. The molecule has 0 saturated carbocycles. The number of non-ortho nitro benzene ring substituents is 1. The van der Waals surface area contributed by atoms with E-state index in [1.54, 1.807) is 60.8 Å². The lowest BCUT2D eigenvalue weighted by Gasteiger charge is -2.26. The van der Waals surface area contributed by atoms with Crippen LogP contribution >= 0.6 is 0 Å². The van der Waals surface area contributed by atoms with Gasteiger partial charge < -0.3 is 4.90 Å². The number of hydrogen-bond donors (Lipinski definition) is 0. The molecule has 1 aliphatic heterocycles. The molecule has 0 fully saturated rings. The summed E-state index contributed by atoms with van der Waals surface area (Å²) in [6.07, 6.45) is 7.93. The van der Waals surface area contributed by atoms with Crippen LogP contribution in [0.5, 0.6) is 0 Å². The minimum atomic E-state index is -0.519. The minimum Gasteiger partial charge on any atom is -0.312 e. The molecule has 3 rings (SSSR count). The molecule has 0 radical (unpaired) electrons. The van der Waals surface area contributed by atoms with Crippen molar-refractivity contribution in [1.29, 1.82) is 10.5 Å². The third-order valence-electron chi connectivity index (χ3n) is 4.25. The van der Waals surface area contributed by atoms with Crippen LogP contribution < -0.4 is 0 Å². The fourth-order valence-electron chi connectivity index (χ4n) is 2.86. The van der Waals surface area contributed by atoms with E-state index in [0.29, 0.717) is 11.1 Å². The topological polar surface area (TPSA) is 111 Å². The third kappa shape index (κ3) is 4.22. The van der Waals surface area contributed by atoms with Crippen LogP contribution in [0.1, 0.15) is 15.9 Å². The summed E-state index contributed by atoms with van der Waals surface area (Å²) in [6.45, 7) is 0. The predicted molar refractivity (Wildman–Crippen MR) is 110 cm³/mol. The zero-order valence-corrected chi connectivity index (χ0v) is 15.6. The molecule has 0 atom stereocenters. The molecule has 0 bridgehead atoms. The van der Waals surface area contributed by atoms with E-state index in [-0.39, 0.29) is 28.4 Å². The summed E-state index contributed by atoms with van der Waals surface area (Å²) in [5, 5.41) is 29.8. The Morgan fingerprint density at radius 3 is 2.43 bits per heavy atom. The van der Waals surface area contributed by atoms with E-state index in [1.165, 1.54) is 29.2 Å². The number of nitriles is 2. The lowest BCUT2D eigenvalue weighted by Crippen LogP contribution is -2.24. The van der Waals surface area contributed by atoms with Crippen molar-refractivity contribution in [2.75, 3.05) is 0 Å². The smallest absolute Gasteiger partial charge is 0.270 e. The molecule has 1 heterocycles. The number of ketones is 1. The molecule has 0 aromatic heterocycles. The van der Waals surface area contributed by atoms with Gasteiger partial charge in [0.1, 0.15) is 12.1 Å². The number of allylic oxidation sites excluding steroid dienone is 5. The van der Waals surface area contributed by atoms with Crippen LogP contribution in [0.25, 0.3) is 6.08 Å². The Kier molecular flexibility index (Phi) is 5.97. The highest BCUT2D eigenvalue weighted by Gasteiger charge is 2.23. The van der Waals surface area contributed by atoms with E-state index in [4.69, 9.17) is 0 Å². The number of nitrogens with zero attached hydrogens (tertiary/aromatic N) is 4. The number of Topliss-reactive ketones (excluding diaryl/α,β-unsaturated/α-hetero) is 1. The van der Waals surface area contributed by atoms with Crippen molar-refractivity contribution >= 4 is 17.5 Å². The lowest BCUT2D eigenvalue weighted by atomic mass is 10.0. The molecule has 144 valence electrons. The fourth-order valence-corrected chi connectivity index (χ4v) is 2.86. The molecule has 2 aromatic carbocycles. The van der Waals surface area contributed by atoms with Gasteiger partial charge in [0.25, 0.3) is 5.69 Å². The van der Waals surface area contributed by atoms with Crippen LogP contribution in [0.15, 0.2) is 96.0 Å². The summed E-state index contributed by atoms with van der Waals surface area (Å²) in [5.74, 6) is -0.366. The lowest BCUT2D eigenvalue weighted by molar-refractivity contribution is -0.384. The van der Waals surface area contributed by atoms with Gasteiger partial charge in [0.15, 0.2) is 5.57 Å². The highest BCUT2D eigenvalue weighted by molar-refractivity contribution is 6.11. The average molecular weight is 394 g/mol. The van der Waals surface area contributed by atoms with Crippen LogP contribution in [-0.2, 0) is 0 Å². The summed E-state index contributed by atoms with van der Waals surface area (Å²) >= 11 is 0. The second kappa shape index (κ2) is 8.96. The first-order valence-electron chi connectivity index (χ1n) is 8.79. The number of benzene rings is 2. The van der Waals surface area contributed by atoms with Crippen molar-refractivity contribution in [3.05, 3.63) is 117 Å². The average Bonchev–Trinajstić information content (AvgIpc) is 2.79. The van der Waals surface area contributed by atoms with Gasteiger partial charge in [-0.2, -0.15) is 10.5 Å². The maximum Gasteiger partial charge on any atom is 0.270 e. The van der Waals surface area contributed by atoms with Gasteiger partial charge in [0, 0.05) is 23.9 Å². The Hall–Kier alpha value is -4.75. The largest absolute Gasteiger partial charge is 0.312 e. The molecule has 0 aliphatic carbocycles. The standard InChI is InChI=1S/C23H14N4O3/c24-15-19(16-25)21-11-4-5-12-26(21)22(23(28)18-8-2-1-3-9-18)14-17-7-6-10-20(13-17)27(29)30/h1-14H/b22-14-. The molecule has 0 spiro atoms. The summed E-state index contributed by atoms with van der Waals surface area (Å²) in [6, 6.07) is 18.0. The van der Waals surface area contributed by atoms with Crippen molar-refractivity contribution in [2.24, 2.45) is 0 Å². The molecule has 0 saturated heterocycles. The van der Waals surface area contributed by atoms with Crippen LogP contribution in [0.2, 0.25) is 0 Å². The molecule has 7 nitrogen and oxygen atoms in total. The first kappa shape index (κ1) is 20.0. The first-order chi connectivity index (χ1) is 14.5. The number of nitro benzene ring substituents is 1. The molecule has 1 aliphatic rings. The van der Waals surface area contributed by atoms with Crippen LogP contribution in [0.4, 0.5) is 5.69 Å². The predicted octanol–water partition coefficient (Wildman–Crippen LogP) is 4.51. The Morgan fingerprint density at radius 2 is 1.77 bits per heavy atom. The molecule has 30 heavy (non-hydrogen) atoms. The molecule has 7 heteroatoms. The van der Waals surface area contributed by atoms with Crippen molar-refractivity contribution < 1.29 is 9.72 Å². The number of hydrogen-bond acceptors (Lipinski definition) is 6. The second-order valence-corrected chi connectivity index (χ2v) is 6.13. The summed E-state index contributed by atoms with van der Waals surface area (Å²) in [5.41, 5.74) is 0.924. The molecule has 0 unspecified atom stereocenters. The van der Waals surface area contributed by atoms with E-state index in [1.807, 2.05) is 12.1 Å². The molecular formula is C23H14N4O3. The zero-order valence-electron chi connectivity index (χ0n) is 15.6. The Labute approximate surface area is 172 Å². The van der Waals surface area contributed by atoms with Crippen LogP contribution in [0, 0.1) is 32.8 Å². The van der Waals surface area contributed by atoms with Crippen molar-refractivity contribution in [2.45, 2.75) is 0 Å². The zero-order chi connectivity index (χ0) is 21.5. The summed E-state index contributed by atoms with van der Waals surface area (Å²) in [4.78, 5) is 25.4. The maximum absolute atomic E-state index is 13.3. The van der Waals surface area contributed by atoms with E-state index >= 15 is 0 Å². The van der Waals surface area contributed by atoms with Gasteiger partial charge in [-0.3, -0.25) is 14.9 Å². The summed E-state index contributed by atoms with van der Waals surface area (Å²) < 4.78 is 0. The summed E-state index contributed by atoms with van der Waals surface area (Å²) in [7, 11) is 0. The Balaban J connectivity index is 2.20. The fraction of sp³-hybridized carbons (Fsp3) is 0. The van der Waals surface area contributed by atoms with Crippen LogP contribution in [-0.4, -0.2) is 15.6 Å². The van der Waals surface area contributed by atoms with Gasteiger partial charge >= 0.3 is 0 Å². The Bertz CT molecular complexity index is 1190. The molecule has 0 amide bonds. The van der Waals surface area contributed by atoms with Gasteiger partial charge in [0.05, 0.1) is 16.3 Å². The Morgan fingerprint density at radius 1 is 1.03 bits per heavy atom.